The lowest BCUT2D eigenvalue weighted by molar-refractivity contribution is -0.120. The van der Waals surface area contributed by atoms with Gasteiger partial charge in [-0.2, -0.15) is 0 Å². The molecule has 0 aromatic heterocycles. The van der Waals surface area contributed by atoms with Crippen molar-refractivity contribution in [1.29, 1.82) is 0 Å². The van der Waals surface area contributed by atoms with Gasteiger partial charge in [-0.1, -0.05) is 50.8 Å². The van der Waals surface area contributed by atoms with Gasteiger partial charge in [0.2, 0.25) is 0 Å². The molecule has 1 fully saturated rings. The molecule has 1 aromatic carbocycles. The van der Waals surface area contributed by atoms with Crippen molar-refractivity contribution in [3.05, 3.63) is 58.8 Å². The molecule has 1 saturated heterocycles. The maximum atomic E-state index is 11.6. The molecule has 0 amide bonds. The fourth-order valence-electron chi connectivity index (χ4n) is 3.17. The van der Waals surface area contributed by atoms with Crippen LogP contribution in [0.2, 0.25) is 0 Å². The van der Waals surface area contributed by atoms with Gasteiger partial charge >= 0.3 is 0 Å². The molecule has 0 spiro atoms. The maximum Gasteiger partial charge on any atom is 0.134 e. The molecule has 0 saturated carbocycles. The summed E-state index contributed by atoms with van der Waals surface area (Å²) in [6.07, 6.45) is 7.40. The van der Waals surface area contributed by atoms with Gasteiger partial charge in [-0.25, -0.2) is 0 Å². The highest BCUT2D eigenvalue weighted by Crippen LogP contribution is 2.31. The lowest BCUT2D eigenvalue weighted by atomic mass is 10.0. The molecule has 2 aliphatic rings. The van der Waals surface area contributed by atoms with Crippen molar-refractivity contribution in [2.24, 2.45) is 5.92 Å². The van der Waals surface area contributed by atoms with Crippen LogP contribution in [0, 0.1) is 12.8 Å². The van der Waals surface area contributed by atoms with Gasteiger partial charge in [0.1, 0.15) is 5.78 Å². The van der Waals surface area contributed by atoms with Crippen molar-refractivity contribution in [2.75, 3.05) is 13.1 Å². The number of aryl methyl sites for hydroxylation is 1. The predicted octanol–water partition coefficient (Wildman–Crippen LogP) is 5.10. The molecular formula is C21H29NO. The average molecular weight is 311 g/mol. The van der Waals surface area contributed by atoms with Crippen molar-refractivity contribution < 1.29 is 6.22 Å². The third-order valence-electron chi connectivity index (χ3n) is 4.53. The average Bonchev–Trinajstić information content (AvgIpc) is 2.97. The minimum Gasteiger partial charge on any atom is -0.370 e. The first-order chi connectivity index (χ1) is 11.1. The Kier molecular flexibility index (Phi) is 5.59. The van der Waals surface area contributed by atoms with E-state index in [4.69, 9.17) is 0 Å². The summed E-state index contributed by atoms with van der Waals surface area (Å²) in [6, 6.07) is 6.36. The van der Waals surface area contributed by atoms with Gasteiger partial charge in [0.25, 0.3) is 0 Å². The van der Waals surface area contributed by atoms with Crippen LogP contribution in [0.1, 0.15) is 45.3 Å². The smallest absolute Gasteiger partial charge is 0.134 e. The van der Waals surface area contributed by atoms with Crippen LogP contribution >= 0.6 is 0 Å². The summed E-state index contributed by atoms with van der Waals surface area (Å²) in [6.45, 7) is 13.8. The molecule has 0 N–H and O–H groups in total. The van der Waals surface area contributed by atoms with E-state index in [1.165, 1.54) is 16.7 Å². The van der Waals surface area contributed by atoms with Crippen molar-refractivity contribution in [3.8, 4) is 0 Å². The van der Waals surface area contributed by atoms with Crippen LogP contribution in [0.4, 0.5) is 0 Å². The van der Waals surface area contributed by atoms with E-state index in [0.29, 0.717) is 5.78 Å². The number of likely N-dealkylation sites (tertiary alicyclic amines) is 1. The number of hydrogen-bond donors (Lipinski definition) is 0. The lowest BCUT2D eigenvalue weighted by Gasteiger charge is -2.22. The number of nitrogens with zero attached hydrogens (tertiary/aromatic N) is 1. The van der Waals surface area contributed by atoms with Gasteiger partial charge in [-0.05, 0) is 48.6 Å². The second-order valence-electron chi connectivity index (χ2n) is 6.01. The fourth-order valence-corrected chi connectivity index (χ4v) is 3.17. The third-order valence-corrected chi connectivity index (χ3v) is 4.53. The highest BCUT2D eigenvalue weighted by atomic mass is 16.1. The summed E-state index contributed by atoms with van der Waals surface area (Å²) in [5, 5.41) is 0. The van der Waals surface area contributed by atoms with Crippen LogP contribution in [0.3, 0.4) is 0 Å². The lowest BCUT2D eigenvalue weighted by Crippen LogP contribution is -2.22. The molecule has 0 bridgehead atoms. The van der Waals surface area contributed by atoms with Crippen molar-refractivity contribution in [2.45, 2.75) is 34.1 Å². The zero-order valence-corrected chi connectivity index (χ0v) is 14.7. The van der Waals surface area contributed by atoms with Gasteiger partial charge in [0.15, 0.2) is 0 Å². The Morgan fingerprint density at radius 2 is 2.04 bits per heavy atom. The largest absolute Gasteiger partial charge is 0.370 e. The summed E-state index contributed by atoms with van der Waals surface area (Å²) in [4.78, 5) is 13.9. The number of benzene rings is 1. The number of hydrogen-bond acceptors (Lipinski definition) is 2. The fraction of sp³-hybridized carbons (Fsp3) is 0.381. The van der Waals surface area contributed by atoms with Crippen molar-refractivity contribution >= 4 is 17.9 Å². The highest BCUT2D eigenvalue weighted by molar-refractivity contribution is 5.79. The molecule has 2 nitrogen and oxygen atoms in total. The molecular weight excluding hydrogens is 282 g/mol. The zero-order chi connectivity index (χ0) is 17.0. The van der Waals surface area contributed by atoms with E-state index < -0.39 is 0 Å². The number of carbonyl (C=O) groups excluding carboxylic acids is 1. The van der Waals surface area contributed by atoms with Gasteiger partial charge in [-0.15, -0.1) is 0 Å². The van der Waals surface area contributed by atoms with E-state index in [9.17, 15) is 4.79 Å². The number of Topliss-reactive ketones (excluding diaryl/α,β-unsaturated/α-hetero) is 1. The van der Waals surface area contributed by atoms with Crippen LogP contribution < -0.4 is 0 Å². The van der Waals surface area contributed by atoms with Crippen molar-refractivity contribution in [3.63, 3.8) is 0 Å². The maximum absolute atomic E-state index is 11.6. The Balaban J connectivity index is 0.000000925. The SMILES string of the molecule is C=C1C=Cc2c(C)cccc2C=C1N1CC[C@H](C(C)=O)C1.CC.[HH]. The van der Waals surface area contributed by atoms with Crippen LogP contribution in [0.15, 0.2) is 42.1 Å². The number of fused-ring (bicyclic) bond motifs is 1. The van der Waals surface area contributed by atoms with Gasteiger partial charge in [0, 0.05) is 26.1 Å². The normalized spacial score (nSPS) is 19.5. The molecule has 1 heterocycles. The van der Waals surface area contributed by atoms with Crippen LogP contribution in [0.5, 0.6) is 0 Å². The van der Waals surface area contributed by atoms with E-state index in [-0.39, 0.29) is 7.34 Å². The zero-order valence-electron chi connectivity index (χ0n) is 14.7. The summed E-state index contributed by atoms with van der Waals surface area (Å²) >= 11 is 0. The summed E-state index contributed by atoms with van der Waals surface area (Å²) in [7, 11) is 0. The van der Waals surface area contributed by atoms with Gasteiger partial charge in [0.05, 0.1) is 0 Å². The standard InChI is InChI=1S/C19H21NO.C2H6.H2/c1-13-5-4-6-16-11-19(14(2)7-8-18(13)16)20-10-9-17(12-20)15(3)21;1-2;/h4-8,11,17H,2,9-10,12H2,1,3H3;1-2H3;1H/t17-;;/m0../s1. The monoisotopic (exact) mass is 311 g/mol. The molecule has 124 valence electrons. The number of ketones is 1. The van der Waals surface area contributed by atoms with E-state index >= 15 is 0 Å². The van der Waals surface area contributed by atoms with E-state index in [1.807, 2.05) is 13.8 Å². The van der Waals surface area contributed by atoms with Crippen LogP contribution in [0.25, 0.3) is 12.2 Å². The molecule has 3 rings (SSSR count). The minimum absolute atomic E-state index is 0. The molecule has 1 atom stereocenters. The molecule has 1 aliphatic heterocycles. The van der Waals surface area contributed by atoms with Crippen LogP contribution in [-0.2, 0) is 4.79 Å². The summed E-state index contributed by atoms with van der Waals surface area (Å²) in [5.41, 5.74) is 5.94. The minimum atomic E-state index is 0. The molecule has 1 aromatic rings. The topological polar surface area (TPSA) is 20.3 Å². The Labute approximate surface area is 141 Å². The van der Waals surface area contributed by atoms with E-state index in [1.54, 1.807) is 6.92 Å². The number of allylic oxidation sites excluding steroid dienone is 1. The molecule has 1 aliphatic carbocycles. The molecule has 0 unspecified atom stereocenters. The van der Waals surface area contributed by atoms with E-state index in [2.05, 4.69) is 54.8 Å². The third kappa shape index (κ3) is 3.64. The quantitative estimate of drug-likeness (QED) is 0.757. The Bertz CT molecular complexity index is 672. The molecule has 2 heteroatoms. The van der Waals surface area contributed by atoms with Crippen LogP contribution in [-0.4, -0.2) is 23.8 Å². The first-order valence-electron chi connectivity index (χ1n) is 8.50. The van der Waals surface area contributed by atoms with E-state index in [0.717, 1.165) is 30.8 Å². The number of rotatable bonds is 2. The first kappa shape index (κ1) is 17.3. The first-order valence-corrected chi connectivity index (χ1v) is 8.50. The Morgan fingerprint density at radius 1 is 1.30 bits per heavy atom. The summed E-state index contributed by atoms with van der Waals surface area (Å²) in [5.74, 6) is 0.465. The van der Waals surface area contributed by atoms with Gasteiger partial charge in [-0.3, -0.25) is 4.79 Å². The Morgan fingerprint density at radius 3 is 2.70 bits per heavy atom. The molecule has 23 heavy (non-hydrogen) atoms. The Hall–Kier alpha value is -2.09. The van der Waals surface area contributed by atoms with Crippen molar-refractivity contribution in [1.82, 2.24) is 4.90 Å². The van der Waals surface area contributed by atoms with Gasteiger partial charge < -0.3 is 4.90 Å². The summed E-state index contributed by atoms with van der Waals surface area (Å²) < 4.78 is 0. The second-order valence-corrected chi connectivity index (χ2v) is 6.01. The number of carbonyl (C=O) groups is 1. The predicted molar refractivity (Wildman–Crippen MR) is 101 cm³/mol. The second kappa shape index (κ2) is 7.45. The molecule has 0 radical (unpaired) electrons. The highest BCUT2D eigenvalue weighted by Gasteiger charge is 2.28.